The molecule has 0 aromatic heterocycles. The zero-order valence-electron chi connectivity index (χ0n) is 11.0. The van der Waals surface area contributed by atoms with Gasteiger partial charge in [-0.25, -0.2) is 0 Å². The first kappa shape index (κ1) is 22.0. The molecule has 0 radical (unpaired) electrons. The maximum absolute atomic E-state index is 2.48. The molecule has 0 amide bonds. The summed E-state index contributed by atoms with van der Waals surface area (Å²) in [5, 5.41) is 0. The van der Waals surface area contributed by atoms with Gasteiger partial charge in [-0.2, -0.15) is 0 Å². The maximum Gasteiger partial charge on any atom is -0.0125 e. The lowest BCUT2D eigenvalue weighted by Gasteiger charge is -2.21. The van der Waals surface area contributed by atoms with Crippen LogP contribution in [0.5, 0.6) is 0 Å². The molecule has 0 saturated heterocycles. The Morgan fingerprint density at radius 2 is 1.00 bits per heavy atom. The highest BCUT2D eigenvalue weighted by Crippen LogP contribution is 2.48. The molecule has 0 nitrogen and oxygen atoms in total. The van der Waals surface area contributed by atoms with Gasteiger partial charge in [0.05, 0.1) is 0 Å². The van der Waals surface area contributed by atoms with Crippen molar-refractivity contribution in [3.63, 3.8) is 0 Å². The zero-order valence-corrected chi connectivity index (χ0v) is 16.2. The minimum Gasteiger partial charge on any atom is -0.114 e. The van der Waals surface area contributed by atoms with Crippen molar-refractivity contribution in [3.05, 3.63) is 0 Å². The molecule has 0 aliphatic heterocycles. The van der Waals surface area contributed by atoms with Crippen LogP contribution in [-0.4, -0.2) is 31.6 Å². The van der Waals surface area contributed by atoms with E-state index in [0.717, 1.165) is 11.8 Å². The Morgan fingerprint density at radius 1 is 0.733 bits per heavy atom. The van der Waals surface area contributed by atoms with Gasteiger partial charge >= 0.3 is 0 Å². The largest absolute Gasteiger partial charge is 0.114 e. The standard InChI is InChI=1S/C11H26P2.2BrH/c1-10(2)7-12(5)9-13(6)8-11(3)4;;/h10-11H,7-9H2,1-6H3;2*1H. The molecule has 0 fully saturated rings. The quantitative estimate of drug-likeness (QED) is 0.522. The van der Waals surface area contributed by atoms with Crippen LogP contribution < -0.4 is 0 Å². The Morgan fingerprint density at radius 3 is 1.20 bits per heavy atom. The average Bonchev–Trinajstić information content (AvgIpc) is 1.80. The van der Waals surface area contributed by atoms with Gasteiger partial charge in [0.25, 0.3) is 0 Å². The van der Waals surface area contributed by atoms with Crippen LogP contribution in [0.3, 0.4) is 0 Å². The molecule has 0 aromatic rings. The third kappa shape index (κ3) is 15.8. The van der Waals surface area contributed by atoms with Crippen LogP contribution in [0.4, 0.5) is 0 Å². The van der Waals surface area contributed by atoms with Gasteiger partial charge < -0.3 is 0 Å². The highest BCUT2D eigenvalue weighted by molar-refractivity contribution is 8.93. The molecular weight excluding hydrogens is 354 g/mol. The third-order valence-electron chi connectivity index (χ3n) is 1.84. The minimum atomic E-state index is 0. The van der Waals surface area contributed by atoms with Crippen molar-refractivity contribution in [1.29, 1.82) is 0 Å². The lowest BCUT2D eigenvalue weighted by atomic mass is 10.3. The van der Waals surface area contributed by atoms with Crippen molar-refractivity contribution in [2.45, 2.75) is 27.7 Å². The molecule has 0 aliphatic carbocycles. The fourth-order valence-electron chi connectivity index (χ4n) is 1.77. The van der Waals surface area contributed by atoms with E-state index in [-0.39, 0.29) is 34.0 Å². The molecule has 0 saturated carbocycles. The van der Waals surface area contributed by atoms with Gasteiger partial charge in [-0.3, -0.25) is 0 Å². The van der Waals surface area contributed by atoms with E-state index in [1.54, 1.807) is 5.90 Å². The molecule has 0 rings (SSSR count). The summed E-state index contributed by atoms with van der Waals surface area (Å²) in [4.78, 5) is 0. The summed E-state index contributed by atoms with van der Waals surface area (Å²) in [5.41, 5.74) is 0. The lowest BCUT2D eigenvalue weighted by Crippen LogP contribution is -1.99. The molecular formula is C11H28Br2P2. The Kier molecular flexibility index (Phi) is 18.0. The maximum atomic E-state index is 2.48. The first-order valence-corrected chi connectivity index (χ1v) is 9.60. The molecule has 0 aromatic carbocycles. The molecule has 15 heavy (non-hydrogen) atoms. The van der Waals surface area contributed by atoms with E-state index in [4.69, 9.17) is 0 Å². The third-order valence-corrected chi connectivity index (χ3v) is 8.41. The van der Waals surface area contributed by atoms with Gasteiger partial charge in [0.2, 0.25) is 0 Å². The van der Waals surface area contributed by atoms with E-state index in [9.17, 15) is 0 Å². The van der Waals surface area contributed by atoms with Gasteiger partial charge in [-0.15, -0.1) is 49.8 Å². The molecule has 0 aliphatic rings. The van der Waals surface area contributed by atoms with Crippen molar-refractivity contribution >= 4 is 49.8 Å². The summed E-state index contributed by atoms with van der Waals surface area (Å²) in [5.74, 6) is 3.35. The summed E-state index contributed by atoms with van der Waals surface area (Å²) < 4.78 is 0. The molecule has 2 atom stereocenters. The van der Waals surface area contributed by atoms with Crippen LogP contribution in [0.1, 0.15) is 27.7 Å². The second-order valence-electron chi connectivity index (χ2n) is 5.01. The van der Waals surface area contributed by atoms with E-state index >= 15 is 0 Å². The minimum absolute atomic E-state index is 0. The summed E-state index contributed by atoms with van der Waals surface area (Å²) in [6.45, 7) is 14.3. The van der Waals surface area contributed by atoms with Gasteiger partial charge in [-0.1, -0.05) is 27.7 Å². The van der Waals surface area contributed by atoms with Crippen molar-refractivity contribution < 1.29 is 0 Å². The Bertz CT molecular complexity index is 116. The number of hydrogen-bond donors (Lipinski definition) is 0. The van der Waals surface area contributed by atoms with E-state index in [0.29, 0.717) is 15.8 Å². The first-order valence-electron chi connectivity index (χ1n) is 5.29. The van der Waals surface area contributed by atoms with E-state index < -0.39 is 0 Å². The molecule has 0 heterocycles. The second kappa shape index (κ2) is 12.3. The molecule has 96 valence electrons. The summed E-state index contributed by atoms with van der Waals surface area (Å²) in [6, 6.07) is 0. The van der Waals surface area contributed by atoms with Crippen molar-refractivity contribution in [3.8, 4) is 0 Å². The van der Waals surface area contributed by atoms with Crippen molar-refractivity contribution in [2.24, 2.45) is 11.8 Å². The Hall–Kier alpha value is 1.82. The van der Waals surface area contributed by atoms with Crippen LogP contribution >= 0.6 is 49.8 Å². The van der Waals surface area contributed by atoms with Gasteiger partial charge in [-0.05, 0) is 43.4 Å². The normalized spacial score (nSPS) is 14.4. The predicted octanol–water partition coefficient (Wildman–Crippen LogP) is 5.64. The summed E-state index contributed by atoms with van der Waals surface area (Å²) in [7, 11) is 0.678. The topological polar surface area (TPSA) is 0 Å². The predicted molar refractivity (Wildman–Crippen MR) is 90.6 cm³/mol. The summed E-state index contributed by atoms with van der Waals surface area (Å²) in [6.07, 6.45) is 2.94. The van der Waals surface area contributed by atoms with Crippen molar-refractivity contribution in [1.82, 2.24) is 0 Å². The van der Waals surface area contributed by atoms with Crippen molar-refractivity contribution in [2.75, 3.05) is 31.6 Å². The van der Waals surface area contributed by atoms with Crippen LogP contribution in [0, 0.1) is 11.8 Å². The summed E-state index contributed by atoms with van der Waals surface area (Å²) >= 11 is 0. The Balaban J connectivity index is -0.000000720. The van der Waals surface area contributed by atoms with E-state index in [1.807, 2.05) is 0 Å². The van der Waals surface area contributed by atoms with E-state index in [2.05, 4.69) is 41.0 Å². The smallest absolute Gasteiger partial charge is 0.0125 e. The van der Waals surface area contributed by atoms with Gasteiger partial charge in [0.15, 0.2) is 0 Å². The van der Waals surface area contributed by atoms with Crippen LogP contribution in [0.2, 0.25) is 0 Å². The monoisotopic (exact) mass is 380 g/mol. The van der Waals surface area contributed by atoms with Gasteiger partial charge in [0, 0.05) is 0 Å². The van der Waals surface area contributed by atoms with E-state index in [1.165, 1.54) is 12.3 Å². The van der Waals surface area contributed by atoms with Crippen LogP contribution in [0.25, 0.3) is 0 Å². The fraction of sp³-hybridized carbons (Fsp3) is 1.00. The SMILES string of the molecule is Br.Br.CC(C)CP(C)CP(C)CC(C)C. The number of rotatable bonds is 6. The second-order valence-corrected chi connectivity index (χ2v) is 10.3. The highest BCUT2D eigenvalue weighted by atomic mass is 79.9. The fourth-order valence-corrected chi connectivity index (χ4v) is 8.49. The van der Waals surface area contributed by atoms with Crippen LogP contribution in [0.15, 0.2) is 0 Å². The van der Waals surface area contributed by atoms with Crippen LogP contribution in [-0.2, 0) is 0 Å². The Labute approximate surface area is 120 Å². The molecule has 0 bridgehead atoms. The zero-order chi connectivity index (χ0) is 10.4. The average molecular weight is 382 g/mol. The number of halogens is 2. The lowest BCUT2D eigenvalue weighted by molar-refractivity contribution is 0.743. The highest BCUT2D eigenvalue weighted by Gasteiger charge is 2.10. The number of hydrogen-bond acceptors (Lipinski definition) is 0. The van der Waals surface area contributed by atoms with Gasteiger partial charge in [0.1, 0.15) is 0 Å². The molecule has 0 spiro atoms. The molecule has 0 N–H and O–H groups in total. The molecule has 2 unspecified atom stereocenters. The first-order chi connectivity index (χ1) is 5.91. The molecule has 4 heteroatoms.